The minimum absolute atomic E-state index is 0.254. The topological polar surface area (TPSA) is 50.9 Å². The van der Waals surface area contributed by atoms with Crippen LogP contribution in [-0.4, -0.2) is 17.6 Å². The standard InChI is InChI=1S/C9H17N3S/c1-7(8(2)10)5-11-6-9-12-3-4-13-9/h3-4,7-8,11H,5-6,10H2,1-2H3. The molecule has 0 saturated heterocycles. The Bertz CT molecular complexity index is 221. The molecule has 1 rings (SSSR count). The predicted octanol–water partition coefficient (Wildman–Crippen LogP) is 1.22. The number of nitrogens with one attached hydrogen (secondary N) is 1. The van der Waals surface area contributed by atoms with Gasteiger partial charge in [0.15, 0.2) is 0 Å². The Morgan fingerprint density at radius 1 is 1.62 bits per heavy atom. The molecule has 3 N–H and O–H groups in total. The first kappa shape index (κ1) is 10.6. The number of hydrogen-bond donors (Lipinski definition) is 2. The predicted molar refractivity (Wildman–Crippen MR) is 56.6 cm³/mol. The number of nitrogens with two attached hydrogens (primary N) is 1. The van der Waals surface area contributed by atoms with Crippen molar-refractivity contribution >= 4 is 11.3 Å². The highest BCUT2D eigenvalue weighted by atomic mass is 32.1. The van der Waals surface area contributed by atoms with Crippen LogP contribution in [0.4, 0.5) is 0 Å². The molecule has 2 unspecified atom stereocenters. The van der Waals surface area contributed by atoms with Gasteiger partial charge in [0.1, 0.15) is 5.01 Å². The molecule has 0 spiro atoms. The maximum atomic E-state index is 5.74. The largest absolute Gasteiger partial charge is 0.328 e. The molecule has 13 heavy (non-hydrogen) atoms. The fourth-order valence-corrected chi connectivity index (χ4v) is 1.52. The monoisotopic (exact) mass is 199 g/mol. The molecule has 1 aromatic rings. The third kappa shape index (κ3) is 3.85. The summed E-state index contributed by atoms with van der Waals surface area (Å²) >= 11 is 1.68. The molecule has 1 heterocycles. The van der Waals surface area contributed by atoms with Crippen LogP contribution in [0.3, 0.4) is 0 Å². The second-order valence-corrected chi connectivity index (χ2v) is 4.37. The first-order valence-electron chi connectivity index (χ1n) is 4.55. The lowest BCUT2D eigenvalue weighted by Gasteiger charge is -2.15. The number of thiazole rings is 1. The van der Waals surface area contributed by atoms with Gasteiger partial charge in [-0.15, -0.1) is 11.3 Å². The molecule has 3 nitrogen and oxygen atoms in total. The van der Waals surface area contributed by atoms with Gasteiger partial charge in [-0.1, -0.05) is 6.92 Å². The molecule has 74 valence electrons. The lowest BCUT2D eigenvalue weighted by molar-refractivity contribution is 0.445. The van der Waals surface area contributed by atoms with E-state index in [0.717, 1.165) is 18.1 Å². The van der Waals surface area contributed by atoms with E-state index in [2.05, 4.69) is 17.2 Å². The van der Waals surface area contributed by atoms with Crippen LogP contribution in [0, 0.1) is 5.92 Å². The van der Waals surface area contributed by atoms with Gasteiger partial charge in [-0.2, -0.15) is 0 Å². The van der Waals surface area contributed by atoms with Crippen LogP contribution in [0.1, 0.15) is 18.9 Å². The van der Waals surface area contributed by atoms with E-state index in [1.165, 1.54) is 0 Å². The van der Waals surface area contributed by atoms with E-state index in [1.807, 2.05) is 18.5 Å². The first-order chi connectivity index (χ1) is 6.20. The van der Waals surface area contributed by atoms with Crippen molar-refractivity contribution in [1.29, 1.82) is 0 Å². The molecule has 0 aromatic carbocycles. The van der Waals surface area contributed by atoms with E-state index in [0.29, 0.717) is 5.92 Å². The third-order valence-corrected chi connectivity index (χ3v) is 2.90. The van der Waals surface area contributed by atoms with Crippen molar-refractivity contribution < 1.29 is 0 Å². The molecule has 0 fully saturated rings. The maximum Gasteiger partial charge on any atom is 0.106 e. The van der Waals surface area contributed by atoms with Crippen LogP contribution in [-0.2, 0) is 6.54 Å². The molecule has 0 saturated carbocycles. The van der Waals surface area contributed by atoms with Gasteiger partial charge in [-0.05, 0) is 19.4 Å². The van der Waals surface area contributed by atoms with Crippen LogP contribution in [0.25, 0.3) is 0 Å². The molecule has 0 aliphatic carbocycles. The maximum absolute atomic E-state index is 5.74. The molecule has 0 amide bonds. The molecular weight excluding hydrogens is 182 g/mol. The summed E-state index contributed by atoms with van der Waals surface area (Å²) in [5, 5.41) is 6.46. The quantitative estimate of drug-likeness (QED) is 0.749. The van der Waals surface area contributed by atoms with Gasteiger partial charge in [-0.25, -0.2) is 4.98 Å². The van der Waals surface area contributed by atoms with Crippen LogP contribution in [0.15, 0.2) is 11.6 Å². The molecule has 0 radical (unpaired) electrons. The minimum Gasteiger partial charge on any atom is -0.328 e. The summed E-state index contributed by atoms with van der Waals surface area (Å²) in [6, 6.07) is 0.254. The van der Waals surface area contributed by atoms with Crippen molar-refractivity contribution in [3.63, 3.8) is 0 Å². The summed E-state index contributed by atoms with van der Waals surface area (Å²) < 4.78 is 0. The Morgan fingerprint density at radius 2 is 2.38 bits per heavy atom. The lowest BCUT2D eigenvalue weighted by Crippen LogP contribution is -2.32. The fraction of sp³-hybridized carbons (Fsp3) is 0.667. The fourth-order valence-electron chi connectivity index (χ4n) is 0.933. The zero-order chi connectivity index (χ0) is 9.68. The van der Waals surface area contributed by atoms with E-state index in [1.54, 1.807) is 11.3 Å². The summed E-state index contributed by atoms with van der Waals surface area (Å²) in [6.45, 7) is 6.00. The van der Waals surface area contributed by atoms with Crippen molar-refractivity contribution in [1.82, 2.24) is 10.3 Å². The molecule has 0 bridgehead atoms. The molecule has 1 aromatic heterocycles. The zero-order valence-electron chi connectivity index (χ0n) is 8.16. The van der Waals surface area contributed by atoms with Crippen molar-refractivity contribution in [3.05, 3.63) is 16.6 Å². The van der Waals surface area contributed by atoms with E-state index in [9.17, 15) is 0 Å². The summed E-state index contributed by atoms with van der Waals surface area (Å²) in [5.41, 5.74) is 5.74. The Labute approximate surface area is 83.4 Å². The Kier molecular flexibility index (Phi) is 4.35. The van der Waals surface area contributed by atoms with Crippen molar-refractivity contribution in [2.45, 2.75) is 26.4 Å². The van der Waals surface area contributed by atoms with Gasteiger partial charge in [-0.3, -0.25) is 0 Å². The number of nitrogens with zero attached hydrogens (tertiary/aromatic N) is 1. The van der Waals surface area contributed by atoms with Gasteiger partial charge in [0.25, 0.3) is 0 Å². The number of rotatable bonds is 5. The first-order valence-corrected chi connectivity index (χ1v) is 5.42. The van der Waals surface area contributed by atoms with Gasteiger partial charge in [0, 0.05) is 24.2 Å². The number of hydrogen-bond acceptors (Lipinski definition) is 4. The van der Waals surface area contributed by atoms with E-state index in [4.69, 9.17) is 5.73 Å². The smallest absolute Gasteiger partial charge is 0.106 e. The summed E-state index contributed by atoms with van der Waals surface area (Å²) in [6.07, 6.45) is 1.83. The van der Waals surface area contributed by atoms with E-state index in [-0.39, 0.29) is 6.04 Å². The van der Waals surface area contributed by atoms with Crippen LogP contribution in [0.2, 0.25) is 0 Å². The molecular formula is C9H17N3S. The lowest BCUT2D eigenvalue weighted by atomic mass is 10.1. The van der Waals surface area contributed by atoms with Gasteiger partial charge in [0.2, 0.25) is 0 Å². The highest BCUT2D eigenvalue weighted by molar-refractivity contribution is 7.09. The van der Waals surface area contributed by atoms with Crippen molar-refractivity contribution in [3.8, 4) is 0 Å². The molecule has 0 aliphatic rings. The van der Waals surface area contributed by atoms with Crippen molar-refractivity contribution in [2.24, 2.45) is 11.7 Å². The van der Waals surface area contributed by atoms with Crippen LogP contribution < -0.4 is 11.1 Å². The zero-order valence-corrected chi connectivity index (χ0v) is 8.97. The van der Waals surface area contributed by atoms with E-state index >= 15 is 0 Å². The Morgan fingerprint density at radius 3 is 2.92 bits per heavy atom. The van der Waals surface area contributed by atoms with Crippen molar-refractivity contribution in [2.75, 3.05) is 6.54 Å². The van der Waals surface area contributed by atoms with Gasteiger partial charge in [0.05, 0.1) is 0 Å². The van der Waals surface area contributed by atoms with Crippen LogP contribution >= 0.6 is 11.3 Å². The average molecular weight is 199 g/mol. The normalized spacial score (nSPS) is 15.6. The second kappa shape index (κ2) is 5.32. The number of aromatic nitrogens is 1. The third-order valence-electron chi connectivity index (χ3n) is 2.12. The summed E-state index contributed by atoms with van der Waals surface area (Å²) in [4.78, 5) is 4.18. The molecule has 4 heteroatoms. The highest BCUT2D eigenvalue weighted by Gasteiger charge is 2.06. The Balaban J connectivity index is 2.14. The highest BCUT2D eigenvalue weighted by Crippen LogP contribution is 2.03. The van der Waals surface area contributed by atoms with Gasteiger partial charge < -0.3 is 11.1 Å². The summed E-state index contributed by atoms with van der Waals surface area (Å²) in [5.74, 6) is 0.514. The molecule has 2 atom stereocenters. The Hall–Kier alpha value is -0.450. The average Bonchev–Trinajstić information content (AvgIpc) is 2.56. The minimum atomic E-state index is 0.254. The second-order valence-electron chi connectivity index (χ2n) is 3.39. The van der Waals surface area contributed by atoms with E-state index < -0.39 is 0 Å². The SMILES string of the molecule is CC(N)C(C)CNCc1nccs1. The van der Waals surface area contributed by atoms with Crippen LogP contribution in [0.5, 0.6) is 0 Å². The van der Waals surface area contributed by atoms with Gasteiger partial charge >= 0.3 is 0 Å². The summed E-state index contributed by atoms with van der Waals surface area (Å²) in [7, 11) is 0. The molecule has 0 aliphatic heterocycles.